The van der Waals surface area contributed by atoms with Crippen LogP contribution in [-0.2, 0) is 13.0 Å². The summed E-state index contributed by atoms with van der Waals surface area (Å²) in [6.45, 7) is 5.38. The van der Waals surface area contributed by atoms with E-state index in [1.807, 2.05) is 11.3 Å². The number of nitrogens with one attached hydrogen (secondary N) is 1. The Morgan fingerprint density at radius 1 is 1.24 bits per heavy atom. The van der Waals surface area contributed by atoms with Crippen LogP contribution in [0, 0.1) is 0 Å². The molecule has 1 aliphatic heterocycles. The van der Waals surface area contributed by atoms with E-state index in [2.05, 4.69) is 71.2 Å². The molecular formula is C18H22N2S. The molecule has 3 heteroatoms. The molecule has 1 aliphatic rings. The zero-order valence-corrected chi connectivity index (χ0v) is 13.3. The average molecular weight is 298 g/mol. The number of benzene rings is 1. The molecule has 2 heterocycles. The van der Waals surface area contributed by atoms with Crippen molar-refractivity contribution in [1.82, 2.24) is 10.2 Å². The van der Waals surface area contributed by atoms with Gasteiger partial charge in [-0.05, 0) is 42.0 Å². The Morgan fingerprint density at radius 3 is 3.00 bits per heavy atom. The van der Waals surface area contributed by atoms with Crippen molar-refractivity contribution in [3.8, 4) is 0 Å². The van der Waals surface area contributed by atoms with Gasteiger partial charge in [0, 0.05) is 36.8 Å². The van der Waals surface area contributed by atoms with Crippen LogP contribution in [0.25, 0.3) is 6.08 Å². The molecule has 1 aromatic carbocycles. The van der Waals surface area contributed by atoms with Crippen LogP contribution in [-0.4, -0.2) is 24.0 Å². The van der Waals surface area contributed by atoms with Crippen molar-refractivity contribution in [3.63, 3.8) is 0 Å². The summed E-state index contributed by atoms with van der Waals surface area (Å²) in [6, 6.07) is 13.5. The van der Waals surface area contributed by atoms with Gasteiger partial charge in [-0.3, -0.25) is 0 Å². The first-order chi connectivity index (χ1) is 10.3. The third kappa shape index (κ3) is 3.74. The van der Waals surface area contributed by atoms with Crippen molar-refractivity contribution < 1.29 is 0 Å². The van der Waals surface area contributed by atoms with Gasteiger partial charge in [0.15, 0.2) is 0 Å². The number of hydrogen-bond donors (Lipinski definition) is 1. The maximum absolute atomic E-state index is 3.58. The summed E-state index contributed by atoms with van der Waals surface area (Å²) < 4.78 is 0. The second-order valence-corrected chi connectivity index (χ2v) is 6.60. The first kappa shape index (κ1) is 14.4. The van der Waals surface area contributed by atoms with Crippen LogP contribution in [0.15, 0.2) is 48.0 Å². The Morgan fingerprint density at radius 2 is 2.14 bits per heavy atom. The maximum Gasteiger partial charge on any atom is 0.0433 e. The minimum atomic E-state index is 0.512. The summed E-state index contributed by atoms with van der Waals surface area (Å²) in [5.41, 5.74) is 2.78. The van der Waals surface area contributed by atoms with Crippen LogP contribution in [0.5, 0.6) is 0 Å². The van der Waals surface area contributed by atoms with Crippen LogP contribution in [0.4, 0.5) is 0 Å². The molecule has 0 unspecified atom stereocenters. The zero-order valence-electron chi connectivity index (χ0n) is 12.5. The second kappa shape index (κ2) is 6.92. The Bertz CT molecular complexity index is 589. The Balaban J connectivity index is 1.45. The smallest absolute Gasteiger partial charge is 0.0433 e. The van der Waals surface area contributed by atoms with E-state index in [0.29, 0.717) is 6.04 Å². The summed E-state index contributed by atoms with van der Waals surface area (Å²) in [6.07, 6.45) is 5.58. The summed E-state index contributed by atoms with van der Waals surface area (Å²) in [5, 5.41) is 5.72. The number of nitrogens with zero attached hydrogens (tertiary/aromatic N) is 1. The van der Waals surface area contributed by atoms with Crippen molar-refractivity contribution in [2.45, 2.75) is 25.9 Å². The first-order valence-electron chi connectivity index (χ1n) is 7.58. The zero-order chi connectivity index (χ0) is 14.5. The normalized spacial score (nSPS) is 15.0. The largest absolute Gasteiger partial charge is 0.369 e. The van der Waals surface area contributed by atoms with Crippen LogP contribution in [0.1, 0.15) is 22.9 Å². The van der Waals surface area contributed by atoms with Gasteiger partial charge < -0.3 is 10.2 Å². The van der Waals surface area contributed by atoms with E-state index in [1.165, 1.54) is 16.0 Å². The molecule has 1 N–H and O–H groups in total. The van der Waals surface area contributed by atoms with Crippen LogP contribution < -0.4 is 5.32 Å². The van der Waals surface area contributed by atoms with Gasteiger partial charge in [-0.1, -0.05) is 30.3 Å². The molecule has 1 atom stereocenters. The topological polar surface area (TPSA) is 15.3 Å². The van der Waals surface area contributed by atoms with Crippen LogP contribution in [0.2, 0.25) is 0 Å². The van der Waals surface area contributed by atoms with E-state index in [1.54, 1.807) is 0 Å². The third-order valence-electron chi connectivity index (χ3n) is 3.99. The molecule has 1 aromatic heterocycles. The van der Waals surface area contributed by atoms with Crippen molar-refractivity contribution >= 4 is 17.4 Å². The lowest BCUT2D eigenvalue weighted by Crippen LogP contribution is -2.38. The molecule has 21 heavy (non-hydrogen) atoms. The van der Waals surface area contributed by atoms with Gasteiger partial charge in [0.1, 0.15) is 0 Å². The lowest BCUT2D eigenvalue weighted by molar-refractivity contribution is 0.275. The van der Waals surface area contributed by atoms with Crippen LogP contribution in [0.3, 0.4) is 0 Å². The lowest BCUT2D eigenvalue weighted by atomic mass is 10.0. The van der Waals surface area contributed by atoms with E-state index in [0.717, 1.165) is 26.1 Å². The minimum Gasteiger partial charge on any atom is -0.369 e. The molecule has 0 saturated carbocycles. The van der Waals surface area contributed by atoms with Gasteiger partial charge >= 0.3 is 0 Å². The van der Waals surface area contributed by atoms with E-state index in [4.69, 9.17) is 0 Å². The highest BCUT2D eigenvalue weighted by atomic mass is 32.1. The summed E-state index contributed by atoms with van der Waals surface area (Å²) in [7, 11) is 0. The molecule has 0 aliphatic carbocycles. The van der Waals surface area contributed by atoms with Gasteiger partial charge in [-0.25, -0.2) is 0 Å². The Kier molecular flexibility index (Phi) is 4.73. The maximum atomic E-state index is 3.58. The number of fused-ring (bicyclic) bond motifs is 1. The number of thiophene rings is 1. The average Bonchev–Trinajstić information content (AvgIpc) is 3.04. The van der Waals surface area contributed by atoms with Gasteiger partial charge in [0.05, 0.1) is 0 Å². The van der Waals surface area contributed by atoms with E-state index >= 15 is 0 Å². The van der Waals surface area contributed by atoms with E-state index < -0.39 is 0 Å². The van der Waals surface area contributed by atoms with Crippen LogP contribution >= 0.6 is 11.3 Å². The van der Waals surface area contributed by atoms with Gasteiger partial charge in [0.25, 0.3) is 0 Å². The molecule has 0 saturated heterocycles. The number of hydrogen-bond acceptors (Lipinski definition) is 3. The summed E-state index contributed by atoms with van der Waals surface area (Å²) in [5.74, 6) is 0. The molecule has 110 valence electrons. The molecule has 0 fully saturated rings. The van der Waals surface area contributed by atoms with E-state index in [9.17, 15) is 0 Å². The molecule has 0 radical (unpaired) electrons. The van der Waals surface area contributed by atoms with Crippen molar-refractivity contribution in [2.75, 3.05) is 13.1 Å². The first-order valence-corrected chi connectivity index (χ1v) is 8.46. The fourth-order valence-corrected chi connectivity index (χ4v) is 3.37. The molecule has 0 amide bonds. The monoisotopic (exact) mass is 298 g/mol. The fourth-order valence-electron chi connectivity index (χ4n) is 2.66. The minimum absolute atomic E-state index is 0.512. The van der Waals surface area contributed by atoms with Gasteiger partial charge in [-0.15, -0.1) is 11.3 Å². The third-order valence-corrected chi connectivity index (χ3v) is 4.92. The number of rotatable bonds is 6. The standard InChI is InChI=1S/C18H22N2S/c1-15(13-19-10-8-18-7-4-12-21-18)20-11-9-16-5-2-3-6-17(16)14-20/h2-7,9,11-12,15,19H,8,10,13-14H2,1H3/t15-/m1/s1. The quantitative estimate of drug-likeness (QED) is 0.817. The van der Waals surface area contributed by atoms with Gasteiger partial charge in [-0.2, -0.15) is 0 Å². The Hall–Kier alpha value is -1.58. The Labute approximate surface area is 131 Å². The molecular weight excluding hydrogens is 276 g/mol. The summed E-state index contributed by atoms with van der Waals surface area (Å²) >= 11 is 1.84. The molecule has 0 spiro atoms. The predicted molar refractivity (Wildman–Crippen MR) is 91.4 cm³/mol. The molecule has 2 nitrogen and oxygen atoms in total. The van der Waals surface area contributed by atoms with Crippen molar-refractivity contribution in [1.29, 1.82) is 0 Å². The molecule has 2 aromatic rings. The predicted octanol–water partition coefficient (Wildman–Crippen LogP) is 3.76. The highest BCUT2D eigenvalue weighted by Gasteiger charge is 2.14. The molecule has 3 rings (SSSR count). The van der Waals surface area contributed by atoms with Crippen molar-refractivity contribution in [3.05, 3.63) is 64.0 Å². The van der Waals surface area contributed by atoms with E-state index in [-0.39, 0.29) is 0 Å². The van der Waals surface area contributed by atoms with Gasteiger partial charge in [0.2, 0.25) is 0 Å². The SMILES string of the molecule is C[C@H](CNCCc1cccs1)N1C=Cc2ccccc2C1. The highest BCUT2D eigenvalue weighted by Crippen LogP contribution is 2.20. The summed E-state index contributed by atoms with van der Waals surface area (Å²) in [4.78, 5) is 3.88. The lowest BCUT2D eigenvalue weighted by Gasteiger charge is -2.31. The highest BCUT2D eigenvalue weighted by molar-refractivity contribution is 7.09. The van der Waals surface area contributed by atoms with Crippen molar-refractivity contribution in [2.24, 2.45) is 0 Å². The fraction of sp³-hybridized carbons (Fsp3) is 0.333. The molecule has 0 bridgehead atoms. The second-order valence-electron chi connectivity index (χ2n) is 5.57.